The molecule has 3 rings (SSSR count). The topological polar surface area (TPSA) is 41.9 Å². The lowest BCUT2D eigenvalue weighted by atomic mass is 10.2. The predicted molar refractivity (Wildman–Crippen MR) is 97.0 cm³/mol. The van der Waals surface area contributed by atoms with Crippen LogP contribution in [0.4, 0.5) is 0 Å². The zero-order chi connectivity index (χ0) is 17.0. The van der Waals surface area contributed by atoms with Crippen molar-refractivity contribution in [3.63, 3.8) is 0 Å². The summed E-state index contributed by atoms with van der Waals surface area (Å²) < 4.78 is 0. The molecule has 0 aliphatic heterocycles. The molecule has 0 saturated carbocycles. The van der Waals surface area contributed by atoms with E-state index in [1.54, 1.807) is 0 Å². The van der Waals surface area contributed by atoms with Crippen LogP contribution in [0.15, 0.2) is 73.2 Å². The minimum absolute atomic E-state index is 0.772. The average Bonchev–Trinajstić information content (AvgIpc) is 2.66. The highest BCUT2D eigenvalue weighted by Crippen LogP contribution is 2.10. The van der Waals surface area contributed by atoms with Crippen molar-refractivity contribution in [3.8, 4) is 0 Å². The molecule has 0 radical (unpaired) electrons. The highest BCUT2D eigenvalue weighted by Gasteiger charge is 2.10. The number of hydrogen-bond donors (Lipinski definition) is 0. The van der Waals surface area contributed by atoms with E-state index in [0.29, 0.717) is 0 Å². The molecule has 0 spiro atoms. The number of rotatable bonds is 6. The highest BCUT2D eigenvalue weighted by atomic mass is 15.1. The van der Waals surface area contributed by atoms with E-state index in [1.165, 1.54) is 0 Å². The summed E-state index contributed by atoms with van der Waals surface area (Å²) in [7, 11) is 0. The molecule has 0 bridgehead atoms. The normalized spacial score (nSPS) is 10.1. The van der Waals surface area contributed by atoms with Gasteiger partial charge in [0.1, 0.15) is 0 Å². The summed E-state index contributed by atoms with van der Waals surface area (Å²) in [6.45, 7) is 6.32. The van der Waals surface area contributed by atoms with Crippen molar-refractivity contribution in [2.75, 3.05) is 0 Å². The summed E-state index contributed by atoms with van der Waals surface area (Å²) in [4.78, 5) is 15.6. The van der Waals surface area contributed by atoms with E-state index in [2.05, 4.69) is 19.9 Å². The zero-order valence-corrected chi connectivity index (χ0v) is 14.3. The van der Waals surface area contributed by atoms with Crippen molar-refractivity contribution in [1.29, 1.82) is 0 Å². The molecule has 4 heteroatoms. The van der Waals surface area contributed by atoms with Gasteiger partial charge in [0, 0.05) is 38.2 Å². The Bertz CT molecular complexity index is 573. The largest absolute Gasteiger partial charge is 0.286 e. The second-order valence-electron chi connectivity index (χ2n) is 5.11. The van der Waals surface area contributed by atoms with Gasteiger partial charge in [0.15, 0.2) is 0 Å². The van der Waals surface area contributed by atoms with Crippen LogP contribution in [0, 0.1) is 0 Å². The van der Waals surface area contributed by atoms with Crippen molar-refractivity contribution < 1.29 is 0 Å². The van der Waals surface area contributed by atoms with Crippen LogP contribution < -0.4 is 0 Å². The quantitative estimate of drug-likeness (QED) is 0.686. The van der Waals surface area contributed by atoms with Crippen molar-refractivity contribution in [2.24, 2.45) is 0 Å². The molecule has 3 aromatic rings. The van der Waals surface area contributed by atoms with Crippen LogP contribution in [0.25, 0.3) is 0 Å². The first-order chi connectivity index (χ1) is 11.9. The van der Waals surface area contributed by atoms with Crippen molar-refractivity contribution in [1.82, 2.24) is 19.9 Å². The van der Waals surface area contributed by atoms with E-state index >= 15 is 0 Å². The highest BCUT2D eigenvalue weighted by molar-refractivity contribution is 5.08. The first-order valence-corrected chi connectivity index (χ1v) is 8.32. The molecule has 0 N–H and O–H groups in total. The van der Waals surface area contributed by atoms with Crippen LogP contribution in [-0.4, -0.2) is 19.9 Å². The minimum atomic E-state index is 0.772. The molecule has 0 unspecified atom stereocenters. The molecule has 0 aliphatic carbocycles. The molecule has 0 saturated heterocycles. The molecule has 0 amide bonds. The first-order valence-electron chi connectivity index (χ1n) is 8.32. The predicted octanol–water partition coefficient (Wildman–Crippen LogP) is 4.10. The van der Waals surface area contributed by atoms with Crippen molar-refractivity contribution >= 4 is 0 Å². The first kappa shape index (κ1) is 17.8. The summed E-state index contributed by atoms with van der Waals surface area (Å²) in [5, 5.41) is 0. The Kier molecular flexibility index (Phi) is 7.57. The van der Waals surface area contributed by atoms with Gasteiger partial charge in [-0.05, 0) is 36.4 Å². The molecule has 4 nitrogen and oxygen atoms in total. The van der Waals surface area contributed by atoms with E-state index in [1.807, 2.05) is 87.0 Å². The molecule has 24 heavy (non-hydrogen) atoms. The van der Waals surface area contributed by atoms with E-state index in [0.717, 1.165) is 36.7 Å². The summed E-state index contributed by atoms with van der Waals surface area (Å²) in [6.07, 6.45) is 5.49. The van der Waals surface area contributed by atoms with Crippen LogP contribution >= 0.6 is 0 Å². The van der Waals surface area contributed by atoms with Gasteiger partial charge in [-0.2, -0.15) is 0 Å². The lowest BCUT2D eigenvalue weighted by Crippen LogP contribution is -2.23. The molecule has 124 valence electrons. The summed E-state index contributed by atoms with van der Waals surface area (Å²) in [5.41, 5.74) is 3.15. The van der Waals surface area contributed by atoms with Crippen LogP contribution in [0.5, 0.6) is 0 Å². The van der Waals surface area contributed by atoms with Crippen LogP contribution in [0.3, 0.4) is 0 Å². The molecular weight excluding hydrogens is 296 g/mol. The second-order valence-corrected chi connectivity index (χ2v) is 5.11. The summed E-state index contributed by atoms with van der Waals surface area (Å²) in [6, 6.07) is 18.0. The van der Waals surface area contributed by atoms with Gasteiger partial charge in [-0.1, -0.05) is 32.0 Å². The molecular formula is C20H24N4. The monoisotopic (exact) mass is 320 g/mol. The van der Waals surface area contributed by atoms with Crippen LogP contribution in [0.2, 0.25) is 0 Å². The fraction of sp³-hybridized carbons (Fsp3) is 0.250. The fourth-order valence-corrected chi connectivity index (χ4v) is 2.33. The van der Waals surface area contributed by atoms with Gasteiger partial charge in [0.25, 0.3) is 0 Å². The molecule has 0 atom stereocenters. The van der Waals surface area contributed by atoms with E-state index < -0.39 is 0 Å². The molecule has 3 heterocycles. The molecule has 0 aromatic carbocycles. The average molecular weight is 320 g/mol. The van der Waals surface area contributed by atoms with Crippen molar-refractivity contribution in [3.05, 3.63) is 90.3 Å². The lowest BCUT2D eigenvalue weighted by molar-refractivity contribution is 0.239. The smallest absolute Gasteiger partial charge is 0.0544 e. The number of nitrogens with zero attached hydrogens (tertiary/aromatic N) is 4. The van der Waals surface area contributed by atoms with E-state index in [4.69, 9.17) is 0 Å². The Morgan fingerprint density at radius 2 is 0.917 bits per heavy atom. The lowest BCUT2D eigenvalue weighted by Gasteiger charge is -2.21. The second kappa shape index (κ2) is 10.2. The number of aromatic nitrogens is 3. The van der Waals surface area contributed by atoms with Crippen LogP contribution in [-0.2, 0) is 19.6 Å². The molecule has 3 aromatic heterocycles. The van der Waals surface area contributed by atoms with E-state index in [9.17, 15) is 0 Å². The maximum atomic E-state index is 4.42. The third-order valence-electron chi connectivity index (χ3n) is 3.34. The Morgan fingerprint density at radius 3 is 1.17 bits per heavy atom. The fourth-order valence-electron chi connectivity index (χ4n) is 2.33. The molecule has 0 fully saturated rings. The van der Waals surface area contributed by atoms with Crippen LogP contribution in [0.1, 0.15) is 30.9 Å². The Labute approximate surface area is 144 Å². The van der Waals surface area contributed by atoms with Gasteiger partial charge in [0.2, 0.25) is 0 Å². The maximum absolute atomic E-state index is 4.42. The van der Waals surface area contributed by atoms with Gasteiger partial charge in [0.05, 0.1) is 17.1 Å². The molecule has 0 aliphatic rings. The van der Waals surface area contributed by atoms with Gasteiger partial charge in [-0.3, -0.25) is 19.9 Å². The van der Waals surface area contributed by atoms with Crippen molar-refractivity contribution in [2.45, 2.75) is 33.5 Å². The Hall–Kier alpha value is -2.59. The minimum Gasteiger partial charge on any atom is -0.286 e. The van der Waals surface area contributed by atoms with Gasteiger partial charge in [-0.15, -0.1) is 0 Å². The van der Waals surface area contributed by atoms with E-state index in [-0.39, 0.29) is 0 Å². The van der Waals surface area contributed by atoms with Gasteiger partial charge in [-0.25, -0.2) is 0 Å². The SMILES string of the molecule is CC.c1ccc(CN(Cc2ccccn2)Cc2ccccn2)nc1. The zero-order valence-electron chi connectivity index (χ0n) is 14.3. The Morgan fingerprint density at radius 1 is 0.583 bits per heavy atom. The number of hydrogen-bond acceptors (Lipinski definition) is 4. The summed E-state index contributed by atoms with van der Waals surface area (Å²) in [5.74, 6) is 0. The third-order valence-corrected chi connectivity index (χ3v) is 3.34. The number of pyridine rings is 3. The standard InChI is InChI=1S/C18H18N4.C2H6/c1-4-10-19-16(7-1)13-22(14-17-8-2-5-11-20-17)15-18-9-3-6-12-21-18;1-2/h1-12H,13-15H2;1-2H3. The summed E-state index contributed by atoms with van der Waals surface area (Å²) >= 11 is 0. The van der Waals surface area contributed by atoms with Gasteiger partial charge < -0.3 is 0 Å². The maximum Gasteiger partial charge on any atom is 0.0544 e. The Balaban J connectivity index is 0.00000100. The van der Waals surface area contributed by atoms with Gasteiger partial charge >= 0.3 is 0 Å². The third kappa shape index (κ3) is 5.89.